The van der Waals surface area contributed by atoms with Gasteiger partial charge in [0.1, 0.15) is 5.69 Å². The Hall–Kier alpha value is -3.51. The SMILES string of the molecule is Cc1nonc1C(=O)N[C@H](c1cn2ncc([C@H](NC(=O)[C@@H](F)C(C)C)C3CC3)cc2n1)C1CCC(F)(F)CC1. The summed E-state index contributed by atoms with van der Waals surface area (Å²) in [6.45, 7) is 4.89. The zero-order valence-corrected chi connectivity index (χ0v) is 22.0. The number of alkyl halides is 3. The van der Waals surface area contributed by atoms with Crippen LogP contribution in [0.3, 0.4) is 0 Å². The van der Waals surface area contributed by atoms with Crippen LogP contribution in [0, 0.1) is 24.7 Å². The van der Waals surface area contributed by atoms with E-state index in [4.69, 9.17) is 4.98 Å². The van der Waals surface area contributed by atoms with Gasteiger partial charge in [-0.25, -0.2) is 27.3 Å². The lowest BCUT2D eigenvalue weighted by atomic mass is 9.81. The molecule has 2 fully saturated rings. The fourth-order valence-corrected chi connectivity index (χ4v) is 5.14. The van der Waals surface area contributed by atoms with Gasteiger partial charge in [-0.2, -0.15) is 5.10 Å². The van der Waals surface area contributed by atoms with Crippen LogP contribution in [-0.4, -0.2) is 48.8 Å². The van der Waals surface area contributed by atoms with Gasteiger partial charge in [0.25, 0.3) is 11.8 Å². The van der Waals surface area contributed by atoms with Gasteiger partial charge in [0.2, 0.25) is 5.92 Å². The van der Waals surface area contributed by atoms with Gasteiger partial charge in [-0.15, -0.1) is 0 Å². The molecule has 0 unspecified atom stereocenters. The molecule has 2 aliphatic carbocycles. The highest BCUT2D eigenvalue weighted by molar-refractivity contribution is 5.93. The van der Waals surface area contributed by atoms with Crippen LogP contribution >= 0.6 is 0 Å². The van der Waals surface area contributed by atoms with Gasteiger partial charge < -0.3 is 10.6 Å². The molecule has 0 aliphatic heterocycles. The monoisotopic (exact) mass is 547 g/mol. The van der Waals surface area contributed by atoms with Crippen molar-refractivity contribution in [2.45, 2.75) is 83.5 Å². The number of aromatic nitrogens is 5. The molecule has 3 aromatic rings. The number of rotatable bonds is 9. The van der Waals surface area contributed by atoms with Crippen molar-refractivity contribution in [1.29, 1.82) is 0 Å². The minimum atomic E-state index is -2.73. The number of imidazole rings is 1. The topological polar surface area (TPSA) is 127 Å². The first kappa shape index (κ1) is 27.1. The summed E-state index contributed by atoms with van der Waals surface area (Å²) in [5.74, 6) is -4.46. The highest BCUT2D eigenvalue weighted by Crippen LogP contribution is 2.43. The van der Waals surface area contributed by atoms with Crippen LogP contribution in [0.5, 0.6) is 0 Å². The first-order valence-corrected chi connectivity index (χ1v) is 13.3. The number of nitrogens with zero attached hydrogens (tertiary/aromatic N) is 5. The molecule has 5 rings (SSSR count). The highest BCUT2D eigenvalue weighted by Gasteiger charge is 2.40. The summed E-state index contributed by atoms with van der Waals surface area (Å²) in [6.07, 6.45) is 3.33. The zero-order chi connectivity index (χ0) is 27.9. The molecular formula is C26H32F3N7O3. The number of hydrogen-bond acceptors (Lipinski definition) is 7. The minimum absolute atomic E-state index is 0.0147. The van der Waals surface area contributed by atoms with Crippen LogP contribution in [0.2, 0.25) is 0 Å². The Morgan fingerprint density at radius 3 is 2.38 bits per heavy atom. The molecule has 2 N–H and O–H groups in total. The Kier molecular flexibility index (Phi) is 7.34. The van der Waals surface area contributed by atoms with Crippen molar-refractivity contribution < 1.29 is 27.4 Å². The number of hydrogen-bond donors (Lipinski definition) is 2. The lowest BCUT2D eigenvalue weighted by Gasteiger charge is -2.33. The van der Waals surface area contributed by atoms with Gasteiger partial charge >= 0.3 is 0 Å². The summed E-state index contributed by atoms with van der Waals surface area (Å²) >= 11 is 0. The second-order valence-electron chi connectivity index (χ2n) is 11.1. The van der Waals surface area contributed by atoms with Gasteiger partial charge in [0.15, 0.2) is 17.5 Å². The summed E-state index contributed by atoms with van der Waals surface area (Å²) < 4.78 is 48.4. The molecule has 0 aromatic carbocycles. The fraction of sp³-hybridized carbons (Fsp3) is 0.615. The summed E-state index contributed by atoms with van der Waals surface area (Å²) in [6, 6.07) is 0.708. The van der Waals surface area contributed by atoms with E-state index >= 15 is 0 Å². The van der Waals surface area contributed by atoms with Crippen LogP contribution in [0.1, 0.15) is 91.9 Å². The van der Waals surface area contributed by atoms with Crippen LogP contribution in [0.4, 0.5) is 13.2 Å². The molecule has 13 heteroatoms. The van der Waals surface area contributed by atoms with Gasteiger partial charge in [-0.05, 0) is 67.1 Å². The summed E-state index contributed by atoms with van der Waals surface area (Å²) in [4.78, 5) is 30.1. The quantitative estimate of drug-likeness (QED) is 0.409. The van der Waals surface area contributed by atoms with Gasteiger partial charge in [-0.3, -0.25) is 9.59 Å². The fourth-order valence-electron chi connectivity index (χ4n) is 5.14. The number of halogens is 3. The smallest absolute Gasteiger partial charge is 0.276 e. The Morgan fingerprint density at radius 1 is 1.08 bits per heavy atom. The standard InChI is InChI=1S/C26H32F3N7O3/c1-13(2)20(27)24(37)32-22(15-4-5-15)17-10-19-31-18(12-36(19)30-11-17)23(16-6-8-26(28,29)9-7-16)33-25(38)21-14(3)34-39-35-21/h10-13,15-16,20,22-23H,4-9H2,1-3H3,(H,32,37)(H,33,38)/t20-,22+,23-/m0/s1. The zero-order valence-electron chi connectivity index (χ0n) is 22.0. The maximum Gasteiger partial charge on any atom is 0.276 e. The van der Waals surface area contributed by atoms with Crippen molar-refractivity contribution in [2.24, 2.45) is 17.8 Å². The van der Waals surface area contributed by atoms with Gasteiger partial charge in [-0.1, -0.05) is 19.0 Å². The summed E-state index contributed by atoms with van der Waals surface area (Å²) in [5, 5.41) is 17.5. The molecule has 3 heterocycles. The highest BCUT2D eigenvalue weighted by atomic mass is 19.3. The molecule has 3 aromatic heterocycles. The minimum Gasteiger partial charge on any atom is -0.346 e. The molecule has 2 saturated carbocycles. The van der Waals surface area contributed by atoms with E-state index in [0.29, 0.717) is 22.6 Å². The molecule has 210 valence electrons. The Bertz CT molecular complexity index is 1340. The summed E-state index contributed by atoms with van der Waals surface area (Å²) in [7, 11) is 0. The normalized spacial score (nSPS) is 20.1. The van der Waals surface area contributed by atoms with Crippen LogP contribution in [-0.2, 0) is 4.79 Å². The molecule has 0 radical (unpaired) electrons. The van der Waals surface area contributed by atoms with E-state index in [1.807, 2.05) is 0 Å². The second kappa shape index (κ2) is 10.6. The van der Waals surface area contributed by atoms with Crippen molar-refractivity contribution in [3.05, 3.63) is 41.1 Å². The molecule has 0 saturated heterocycles. The Labute approximate surface area is 223 Å². The van der Waals surface area contributed by atoms with Crippen molar-refractivity contribution in [3.8, 4) is 0 Å². The Morgan fingerprint density at radius 2 is 1.77 bits per heavy atom. The maximum atomic E-state index is 14.3. The van der Waals surface area contributed by atoms with Gasteiger partial charge in [0.05, 0.1) is 30.2 Å². The average molecular weight is 548 g/mol. The van der Waals surface area contributed by atoms with Crippen LogP contribution in [0.25, 0.3) is 5.65 Å². The van der Waals surface area contributed by atoms with E-state index in [2.05, 4.69) is 30.7 Å². The van der Waals surface area contributed by atoms with E-state index < -0.39 is 41.9 Å². The molecule has 0 spiro atoms. The van der Waals surface area contributed by atoms with E-state index in [-0.39, 0.29) is 43.2 Å². The van der Waals surface area contributed by atoms with Gasteiger partial charge in [0, 0.05) is 12.8 Å². The van der Waals surface area contributed by atoms with Crippen molar-refractivity contribution in [2.75, 3.05) is 0 Å². The molecule has 2 amide bonds. The van der Waals surface area contributed by atoms with Crippen LogP contribution < -0.4 is 10.6 Å². The third-order valence-corrected chi connectivity index (χ3v) is 7.65. The largest absolute Gasteiger partial charge is 0.346 e. The molecule has 0 bridgehead atoms. The van der Waals surface area contributed by atoms with Crippen molar-refractivity contribution in [3.63, 3.8) is 0 Å². The third kappa shape index (κ3) is 5.91. The van der Waals surface area contributed by atoms with Crippen molar-refractivity contribution in [1.82, 2.24) is 35.5 Å². The molecule has 10 nitrogen and oxygen atoms in total. The number of carbonyl (C=O) groups excluding carboxylic acids is 2. The predicted molar refractivity (Wildman–Crippen MR) is 132 cm³/mol. The first-order valence-electron chi connectivity index (χ1n) is 13.3. The molecular weight excluding hydrogens is 515 g/mol. The molecule has 2 aliphatic rings. The lowest BCUT2D eigenvalue weighted by molar-refractivity contribution is -0.128. The van der Waals surface area contributed by atoms with E-state index in [1.54, 1.807) is 39.2 Å². The van der Waals surface area contributed by atoms with E-state index in [0.717, 1.165) is 12.8 Å². The molecule has 39 heavy (non-hydrogen) atoms. The lowest BCUT2D eigenvalue weighted by Crippen LogP contribution is -2.38. The van der Waals surface area contributed by atoms with E-state index in [1.165, 1.54) is 4.52 Å². The van der Waals surface area contributed by atoms with Crippen LogP contribution in [0.15, 0.2) is 23.1 Å². The number of nitrogens with one attached hydrogen (secondary N) is 2. The Balaban J connectivity index is 1.43. The van der Waals surface area contributed by atoms with Crippen molar-refractivity contribution >= 4 is 17.5 Å². The number of carbonyl (C=O) groups is 2. The maximum absolute atomic E-state index is 14.3. The average Bonchev–Trinajstić information content (AvgIpc) is 3.50. The predicted octanol–water partition coefficient (Wildman–Crippen LogP) is 4.28. The third-order valence-electron chi connectivity index (χ3n) is 7.65. The second-order valence-corrected chi connectivity index (χ2v) is 11.1. The first-order chi connectivity index (χ1) is 18.5. The number of fused-ring (bicyclic) bond motifs is 1. The molecule has 3 atom stereocenters. The summed E-state index contributed by atoms with van der Waals surface area (Å²) in [5.41, 5.74) is 1.95. The number of aryl methyl sites for hydroxylation is 1. The number of amides is 2. The van der Waals surface area contributed by atoms with E-state index in [9.17, 15) is 22.8 Å².